The summed E-state index contributed by atoms with van der Waals surface area (Å²) in [5.41, 5.74) is 0. The lowest BCUT2D eigenvalue weighted by atomic mass is 10.0. The van der Waals surface area contributed by atoms with Gasteiger partial charge in [-0.25, -0.2) is 0 Å². The van der Waals surface area contributed by atoms with E-state index >= 15 is 0 Å². The van der Waals surface area contributed by atoms with E-state index in [4.69, 9.17) is 0 Å². The van der Waals surface area contributed by atoms with Crippen molar-refractivity contribution >= 4 is 11.8 Å². The lowest BCUT2D eigenvalue weighted by Gasteiger charge is -2.12. The van der Waals surface area contributed by atoms with Gasteiger partial charge in [0.1, 0.15) is 0 Å². The summed E-state index contributed by atoms with van der Waals surface area (Å²) >= 11 is 0. The Bertz CT molecular complexity index is 275. The molecule has 18 heavy (non-hydrogen) atoms. The molecule has 1 aliphatic heterocycles. The fraction of sp³-hybridized carbons (Fsp3) is 0.846. The Balaban J connectivity index is 2.05. The Morgan fingerprint density at radius 1 is 1.39 bits per heavy atom. The maximum absolute atomic E-state index is 11.6. The average Bonchev–Trinajstić information content (AvgIpc) is 2.81. The highest BCUT2D eigenvalue weighted by Crippen LogP contribution is 2.11. The standard InChI is InChI=1S/C13H25N3O2/c1-3-10(2)16-12(17)5-7-15-13(18)8-11-4-6-14-9-11/h10-11,14H,3-9H2,1-2H3,(H,15,18)(H,16,17). The van der Waals surface area contributed by atoms with Gasteiger partial charge >= 0.3 is 0 Å². The van der Waals surface area contributed by atoms with Crippen LogP contribution >= 0.6 is 0 Å². The van der Waals surface area contributed by atoms with E-state index in [0.717, 1.165) is 25.9 Å². The molecule has 2 atom stereocenters. The van der Waals surface area contributed by atoms with E-state index in [1.807, 2.05) is 13.8 Å². The molecule has 2 unspecified atom stereocenters. The average molecular weight is 255 g/mol. The second-order valence-electron chi connectivity index (χ2n) is 5.04. The van der Waals surface area contributed by atoms with E-state index in [2.05, 4.69) is 16.0 Å². The largest absolute Gasteiger partial charge is 0.356 e. The third-order valence-electron chi connectivity index (χ3n) is 3.33. The summed E-state index contributed by atoms with van der Waals surface area (Å²) in [6, 6.07) is 0.206. The van der Waals surface area contributed by atoms with Crippen LogP contribution in [-0.2, 0) is 9.59 Å². The third-order valence-corrected chi connectivity index (χ3v) is 3.33. The Morgan fingerprint density at radius 3 is 2.78 bits per heavy atom. The van der Waals surface area contributed by atoms with Crippen LogP contribution in [0, 0.1) is 5.92 Å². The lowest BCUT2D eigenvalue weighted by molar-refractivity contribution is -0.123. The van der Waals surface area contributed by atoms with Crippen LogP contribution in [0.4, 0.5) is 0 Å². The van der Waals surface area contributed by atoms with Crippen LogP contribution in [0.25, 0.3) is 0 Å². The van der Waals surface area contributed by atoms with Crippen LogP contribution in [0.2, 0.25) is 0 Å². The zero-order chi connectivity index (χ0) is 13.4. The molecule has 1 aliphatic rings. The normalized spacial score (nSPS) is 20.4. The molecule has 0 spiro atoms. The summed E-state index contributed by atoms with van der Waals surface area (Å²) in [6.45, 7) is 6.38. The van der Waals surface area contributed by atoms with Gasteiger partial charge < -0.3 is 16.0 Å². The number of hydrogen-bond donors (Lipinski definition) is 3. The van der Waals surface area contributed by atoms with Crippen LogP contribution in [0.1, 0.15) is 39.5 Å². The smallest absolute Gasteiger partial charge is 0.221 e. The van der Waals surface area contributed by atoms with Gasteiger partial charge in [0.15, 0.2) is 0 Å². The van der Waals surface area contributed by atoms with Gasteiger partial charge in [0, 0.05) is 25.4 Å². The van der Waals surface area contributed by atoms with Crippen molar-refractivity contribution in [3.05, 3.63) is 0 Å². The van der Waals surface area contributed by atoms with E-state index in [1.165, 1.54) is 0 Å². The van der Waals surface area contributed by atoms with Crippen molar-refractivity contribution in [1.82, 2.24) is 16.0 Å². The highest BCUT2D eigenvalue weighted by Gasteiger charge is 2.17. The number of carbonyl (C=O) groups excluding carboxylic acids is 2. The van der Waals surface area contributed by atoms with Crippen molar-refractivity contribution in [2.75, 3.05) is 19.6 Å². The Labute approximate surface area is 109 Å². The maximum Gasteiger partial charge on any atom is 0.221 e. The van der Waals surface area contributed by atoms with Crippen LogP contribution in [0.3, 0.4) is 0 Å². The lowest BCUT2D eigenvalue weighted by Crippen LogP contribution is -2.35. The van der Waals surface area contributed by atoms with E-state index < -0.39 is 0 Å². The topological polar surface area (TPSA) is 70.2 Å². The highest BCUT2D eigenvalue weighted by atomic mass is 16.2. The quantitative estimate of drug-likeness (QED) is 0.617. The highest BCUT2D eigenvalue weighted by molar-refractivity contribution is 5.79. The summed E-state index contributed by atoms with van der Waals surface area (Å²) in [6.07, 6.45) is 2.92. The van der Waals surface area contributed by atoms with Crippen LogP contribution in [0.5, 0.6) is 0 Å². The number of hydrogen-bond acceptors (Lipinski definition) is 3. The predicted octanol–water partition coefficient (Wildman–Crippen LogP) is 0.407. The molecule has 0 aromatic carbocycles. The second kappa shape index (κ2) is 8.08. The van der Waals surface area contributed by atoms with Gasteiger partial charge in [0.05, 0.1) is 0 Å². The first-order valence-corrected chi connectivity index (χ1v) is 6.88. The molecule has 5 nitrogen and oxygen atoms in total. The SMILES string of the molecule is CCC(C)NC(=O)CCNC(=O)CC1CCNC1. The molecule has 0 aliphatic carbocycles. The van der Waals surface area contributed by atoms with Gasteiger partial charge in [-0.3, -0.25) is 9.59 Å². The maximum atomic E-state index is 11.6. The molecule has 0 aromatic heterocycles. The Kier molecular flexibility index (Phi) is 6.72. The van der Waals surface area contributed by atoms with Crippen LogP contribution in [0.15, 0.2) is 0 Å². The minimum atomic E-state index is 0.00665. The zero-order valence-corrected chi connectivity index (χ0v) is 11.4. The second-order valence-corrected chi connectivity index (χ2v) is 5.04. The minimum absolute atomic E-state index is 0.00665. The van der Waals surface area contributed by atoms with Gasteiger partial charge in [-0.2, -0.15) is 0 Å². The van der Waals surface area contributed by atoms with Crippen LogP contribution in [-0.4, -0.2) is 37.5 Å². The molecule has 1 rings (SSSR count). The summed E-state index contributed by atoms with van der Waals surface area (Å²) in [5.74, 6) is 0.520. The molecule has 0 aromatic rings. The molecule has 104 valence electrons. The van der Waals surface area contributed by atoms with Gasteiger partial charge in [-0.05, 0) is 38.8 Å². The first kappa shape index (κ1) is 15.0. The molecule has 5 heteroatoms. The molecular formula is C13H25N3O2. The molecule has 2 amide bonds. The molecule has 0 bridgehead atoms. The molecule has 1 saturated heterocycles. The minimum Gasteiger partial charge on any atom is -0.356 e. The fourth-order valence-electron chi connectivity index (χ4n) is 1.99. The van der Waals surface area contributed by atoms with Crippen molar-refractivity contribution in [2.24, 2.45) is 5.92 Å². The number of carbonyl (C=O) groups is 2. The summed E-state index contributed by atoms with van der Waals surface area (Å²) in [4.78, 5) is 23.1. The first-order chi connectivity index (χ1) is 8.61. The van der Waals surface area contributed by atoms with Gasteiger partial charge in [0.25, 0.3) is 0 Å². The number of nitrogens with one attached hydrogen (secondary N) is 3. The van der Waals surface area contributed by atoms with Crippen molar-refractivity contribution in [3.8, 4) is 0 Å². The third kappa shape index (κ3) is 6.00. The number of amides is 2. The van der Waals surface area contributed by atoms with Crippen molar-refractivity contribution in [1.29, 1.82) is 0 Å². The monoisotopic (exact) mass is 255 g/mol. The van der Waals surface area contributed by atoms with Crippen molar-refractivity contribution < 1.29 is 9.59 Å². The predicted molar refractivity (Wildman–Crippen MR) is 71.1 cm³/mol. The molecule has 1 heterocycles. The summed E-state index contributed by atoms with van der Waals surface area (Å²) < 4.78 is 0. The van der Waals surface area contributed by atoms with Crippen LogP contribution < -0.4 is 16.0 Å². The van der Waals surface area contributed by atoms with Crippen molar-refractivity contribution in [2.45, 2.75) is 45.6 Å². The summed E-state index contributed by atoms with van der Waals surface area (Å²) in [7, 11) is 0. The van der Waals surface area contributed by atoms with Gasteiger partial charge in [0.2, 0.25) is 11.8 Å². The number of rotatable bonds is 7. The molecule has 3 N–H and O–H groups in total. The molecule has 1 fully saturated rings. The van der Waals surface area contributed by atoms with E-state index in [9.17, 15) is 9.59 Å². The zero-order valence-electron chi connectivity index (χ0n) is 11.4. The Morgan fingerprint density at radius 2 is 2.17 bits per heavy atom. The van der Waals surface area contributed by atoms with E-state index in [1.54, 1.807) is 0 Å². The van der Waals surface area contributed by atoms with Crippen molar-refractivity contribution in [3.63, 3.8) is 0 Å². The van der Waals surface area contributed by atoms with Gasteiger partial charge in [-0.1, -0.05) is 6.92 Å². The fourth-order valence-corrected chi connectivity index (χ4v) is 1.99. The van der Waals surface area contributed by atoms with Gasteiger partial charge in [-0.15, -0.1) is 0 Å². The molecule has 0 saturated carbocycles. The summed E-state index contributed by atoms with van der Waals surface area (Å²) in [5, 5.41) is 8.92. The Hall–Kier alpha value is -1.10. The molecular weight excluding hydrogens is 230 g/mol. The van der Waals surface area contributed by atoms with E-state index in [0.29, 0.717) is 25.3 Å². The molecule has 0 radical (unpaired) electrons. The van der Waals surface area contributed by atoms with E-state index in [-0.39, 0.29) is 17.9 Å². The first-order valence-electron chi connectivity index (χ1n) is 6.88.